The summed E-state index contributed by atoms with van der Waals surface area (Å²) in [5, 5.41) is 6.82. The molecule has 6 heteroatoms. The zero-order chi connectivity index (χ0) is 18.9. The molecule has 1 aromatic carbocycles. The van der Waals surface area contributed by atoms with Gasteiger partial charge in [-0.3, -0.25) is 4.99 Å². The third kappa shape index (κ3) is 5.84. The van der Waals surface area contributed by atoms with Gasteiger partial charge in [-0.25, -0.2) is 0 Å². The van der Waals surface area contributed by atoms with Gasteiger partial charge in [0.25, 0.3) is 0 Å². The monoisotopic (exact) mass is 374 g/mol. The number of aliphatic imine (C=N–C) groups is 1. The summed E-state index contributed by atoms with van der Waals surface area (Å²) in [5.74, 6) is 0.855. The van der Waals surface area contributed by atoms with E-state index < -0.39 is 0 Å². The first-order valence-corrected chi connectivity index (χ1v) is 10.3. The van der Waals surface area contributed by atoms with Gasteiger partial charge in [0.1, 0.15) is 0 Å². The van der Waals surface area contributed by atoms with E-state index in [2.05, 4.69) is 51.7 Å². The summed E-state index contributed by atoms with van der Waals surface area (Å²) in [6, 6.07) is 9.13. The largest absolute Gasteiger partial charge is 0.379 e. The molecule has 0 aliphatic carbocycles. The number of guanidine groups is 1. The first-order chi connectivity index (χ1) is 13.3. The number of benzene rings is 1. The fourth-order valence-corrected chi connectivity index (χ4v) is 3.77. The van der Waals surface area contributed by atoms with Gasteiger partial charge in [0.2, 0.25) is 0 Å². The van der Waals surface area contributed by atoms with E-state index in [9.17, 15) is 0 Å². The first-order valence-electron chi connectivity index (χ1n) is 10.3. The van der Waals surface area contributed by atoms with Crippen LogP contribution in [0.2, 0.25) is 0 Å². The van der Waals surface area contributed by atoms with Crippen LogP contribution in [-0.4, -0.2) is 64.6 Å². The summed E-state index contributed by atoms with van der Waals surface area (Å²) in [7, 11) is 1.82. The molecule has 0 bridgehead atoms. The van der Waals surface area contributed by atoms with E-state index in [0.717, 1.165) is 64.7 Å². The molecule has 1 fully saturated rings. The second kappa shape index (κ2) is 10.5. The molecule has 27 heavy (non-hydrogen) atoms. The van der Waals surface area contributed by atoms with Crippen molar-refractivity contribution in [3.8, 4) is 0 Å². The highest BCUT2D eigenvalue weighted by molar-refractivity contribution is 5.79. The summed E-state index contributed by atoms with van der Waals surface area (Å²) in [4.78, 5) is 6.81. The molecule has 150 valence electrons. The Morgan fingerprint density at radius 2 is 2.26 bits per heavy atom. The number of anilines is 1. The maximum Gasteiger partial charge on any atom is 0.191 e. The molecule has 0 radical (unpaired) electrons. The second-order valence-electron chi connectivity index (χ2n) is 7.36. The lowest BCUT2D eigenvalue weighted by molar-refractivity contribution is 0.0168. The van der Waals surface area contributed by atoms with Crippen LogP contribution in [0, 0.1) is 0 Å². The molecule has 2 atom stereocenters. The maximum atomic E-state index is 5.70. The van der Waals surface area contributed by atoms with E-state index in [1.807, 2.05) is 7.05 Å². The number of para-hydroxylation sites is 1. The highest BCUT2D eigenvalue weighted by atomic mass is 16.5. The zero-order valence-electron chi connectivity index (χ0n) is 16.7. The van der Waals surface area contributed by atoms with Gasteiger partial charge in [-0.2, -0.15) is 0 Å². The number of fused-ring (bicyclic) bond motifs is 1. The first kappa shape index (κ1) is 20.0. The topological polar surface area (TPSA) is 58.1 Å². The van der Waals surface area contributed by atoms with Gasteiger partial charge in [0.15, 0.2) is 5.96 Å². The summed E-state index contributed by atoms with van der Waals surface area (Å²) in [6.07, 6.45) is 4.71. The van der Waals surface area contributed by atoms with Crippen LogP contribution in [0.5, 0.6) is 0 Å². The average molecular weight is 375 g/mol. The molecule has 0 spiro atoms. The molecular formula is C21H34N4O2. The van der Waals surface area contributed by atoms with E-state index in [4.69, 9.17) is 9.47 Å². The Morgan fingerprint density at radius 3 is 3.07 bits per heavy atom. The van der Waals surface area contributed by atoms with E-state index in [0.29, 0.717) is 12.1 Å². The molecule has 2 heterocycles. The average Bonchev–Trinajstić information content (AvgIpc) is 3.36. The lowest BCUT2D eigenvalue weighted by Crippen LogP contribution is -2.46. The van der Waals surface area contributed by atoms with Crippen molar-refractivity contribution in [1.82, 2.24) is 10.6 Å². The maximum absolute atomic E-state index is 5.70. The van der Waals surface area contributed by atoms with Crippen molar-refractivity contribution in [1.29, 1.82) is 0 Å². The molecule has 2 aliphatic heterocycles. The molecule has 1 saturated heterocycles. The van der Waals surface area contributed by atoms with Crippen LogP contribution in [0.15, 0.2) is 29.3 Å². The Hall–Kier alpha value is -1.79. The number of hydrogen-bond acceptors (Lipinski definition) is 4. The SMILES string of the molecule is CN=C(NCCCOCC1CCCO1)NCC(C)N1CCc2ccccc21. The highest BCUT2D eigenvalue weighted by Gasteiger charge is 2.22. The molecule has 0 amide bonds. The number of nitrogens with zero attached hydrogens (tertiary/aromatic N) is 2. The van der Waals surface area contributed by atoms with Crippen LogP contribution in [0.4, 0.5) is 5.69 Å². The Kier molecular flexibility index (Phi) is 7.78. The van der Waals surface area contributed by atoms with Crippen molar-refractivity contribution in [2.75, 3.05) is 51.4 Å². The molecule has 0 saturated carbocycles. The molecule has 2 unspecified atom stereocenters. The Morgan fingerprint density at radius 1 is 1.37 bits per heavy atom. The minimum atomic E-state index is 0.310. The minimum Gasteiger partial charge on any atom is -0.379 e. The lowest BCUT2D eigenvalue weighted by Gasteiger charge is -2.28. The summed E-state index contributed by atoms with van der Waals surface area (Å²) < 4.78 is 11.3. The van der Waals surface area contributed by atoms with Crippen LogP contribution in [0.3, 0.4) is 0 Å². The van der Waals surface area contributed by atoms with E-state index >= 15 is 0 Å². The predicted molar refractivity (Wildman–Crippen MR) is 111 cm³/mol. The molecule has 2 N–H and O–H groups in total. The van der Waals surface area contributed by atoms with Crippen LogP contribution in [0.25, 0.3) is 0 Å². The van der Waals surface area contributed by atoms with Gasteiger partial charge in [-0.15, -0.1) is 0 Å². The smallest absolute Gasteiger partial charge is 0.191 e. The zero-order valence-corrected chi connectivity index (χ0v) is 16.7. The van der Waals surface area contributed by atoms with Crippen molar-refractivity contribution in [3.05, 3.63) is 29.8 Å². The molecule has 3 rings (SSSR count). The third-order valence-electron chi connectivity index (χ3n) is 5.33. The van der Waals surface area contributed by atoms with Crippen LogP contribution in [0.1, 0.15) is 31.7 Å². The molecule has 0 aromatic heterocycles. The van der Waals surface area contributed by atoms with Crippen LogP contribution >= 0.6 is 0 Å². The number of hydrogen-bond donors (Lipinski definition) is 2. The van der Waals surface area contributed by atoms with E-state index in [1.54, 1.807) is 0 Å². The lowest BCUT2D eigenvalue weighted by atomic mass is 10.2. The van der Waals surface area contributed by atoms with Crippen molar-refractivity contribution >= 4 is 11.6 Å². The van der Waals surface area contributed by atoms with Gasteiger partial charge >= 0.3 is 0 Å². The number of nitrogens with one attached hydrogen (secondary N) is 2. The molecular weight excluding hydrogens is 340 g/mol. The van der Waals surface area contributed by atoms with Crippen molar-refractivity contribution in [2.45, 2.75) is 44.8 Å². The molecule has 2 aliphatic rings. The van der Waals surface area contributed by atoms with Crippen molar-refractivity contribution in [3.63, 3.8) is 0 Å². The standard InChI is InChI=1S/C21H34N4O2/c1-17(25-12-10-18-7-3-4-9-20(18)25)15-24-21(22-2)23-11-6-13-26-16-19-8-5-14-27-19/h3-4,7,9,17,19H,5-6,8,10-16H2,1-2H3,(H2,22,23,24). The second-order valence-corrected chi connectivity index (χ2v) is 7.36. The van der Waals surface area contributed by atoms with Gasteiger partial charge in [0, 0.05) is 51.6 Å². The normalized spacial score (nSPS) is 20.6. The van der Waals surface area contributed by atoms with Gasteiger partial charge in [-0.05, 0) is 44.2 Å². The predicted octanol–water partition coefficient (Wildman–Crippen LogP) is 2.19. The fourth-order valence-electron chi connectivity index (χ4n) is 3.77. The minimum absolute atomic E-state index is 0.310. The molecule has 1 aromatic rings. The van der Waals surface area contributed by atoms with Crippen LogP contribution < -0.4 is 15.5 Å². The Bertz CT molecular complexity index is 602. The summed E-state index contributed by atoms with van der Waals surface area (Å²) >= 11 is 0. The quantitative estimate of drug-likeness (QED) is 0.394. The summed E-state index contributed by atoms with van der Waals surface area (Å²) in [5.41, 5.74) is 2.83. The Balaban J connectivity index is 1.30. The van der Waals surface area contributed by atoms with Crippen molar-refractivity contribution in [2.24, 2.45) is 4.99 Å². The number of rotatable bonds is 9. The van der Waals surface area contributed by atoms with Gasteiger partial charge < -0.3 is 25.0 Å². The summed E-state index contributed by atoms with van der Waals surface area (Å²) in [6.45, 7) is 7.44. The van der Waals surface area contributed by atoms with Crippen LogP contribution in [-0.2, 0) is 15.9 Å². The fraction of sp³-hybridized carbons (Fsp3) is 0.667. The van der Waals surface area contributed by atoms with Gasteiger partial charge in [0.05, 0.1) is 12.7 Å². The van der Waals surface area contributed by atoms with Crippen molar-refractivity contribution < 1.29 is 9.47 Å². The van der Waals surface area contributed by atoms with E-state index in [-0.39, 0.29) is 0 Å². The Labute approximate surface area is 163 Å². The third-order valence-corrected chi connectivity index (χ3v) is 5.33. The highest BCUT2D eigenvalue weighted by Crippen LogP contribution is 2.28. The van der Waals surface area contributed by atoms with E-state index in [1.165, 1.54) is 17.7 Å². The molecule has 6 nitrogen and oxygen atoms in total. The number of ether oxygens (including phenoxy) is 2. The van der Waals surface area contributed by atoms with Gasteiger partial charge in [-0.1, -0.05) is 18.2 Å².